The van der Waals surface area contributed by atoms with E-state index >= 15 is 0 Å². The third kappa shape index (κ3) is 3.34. The zero-order valence-corrected chi connectivity index (χ0v) is 10.3. The van der Waals surface area contributed by atoms with E-state index < -0.39 is 11.6 Å². The summed E-state index contributed by atoms with van der Waals surface area (Å²) in [6.07, 6.45) is 0. The van der Waals surface area contributed by atoms with Crippen LogP contribution in [0.5, 0.6) is 11.5 Å². The second kappa shape index (κ2) is 5.56. The summed E-state index contributed by atoms with van der Waals surface area (Å²) < 4.78 is 36.6. The molecule has 2 rings (SSSR count). The Morgan fingerprint density at radius 3 is 2.63 bits per heavy atom. The molecular weight excluding hydrogens is 252 g/mol. The number of rotatable bonds is 4. The van der Waals surface area contributed by atoms with Crippen molar-refractivity contribution in [3.05, 3.63) is 53.6 Å². The zero-order valence-electron chi connectivity index (χ0n) is 10.3. The normalized spacial score (nSPS) is 10.3. The van der Waals surface area contributed by atoms with E-state index in [4.69, 9.17) is 15.2 Å². The molecule has 0 heterocycles. The molecule has 0 spiro atoms. The molecule has 0 aromatic heterocycles. The predicted octanol–water partition coefficient (Wildman–Crippen LogP) is 3.13. The number of anilines is 1. The van der Waals surface area contributed by atoms with Gasteiger partial charge in [-0.1, -0.05) is 0 Å². The molecule has 3 nitrogen and oxygen atoms in total. The second-order valence-corrected chi connectivity index (χ2v) is 3.98. The Hall–Kier alpha value is -2.30. The van der Waals surface area contributed by atoms with Gasteiger partial charge in [0.15, 0.2) is 11.6 Å². The van der Waals surface area contributed by atoms with Crippen molar-refractivity contribution in [2.24, 2.45) is 0 Å². The van der Waals surface area contributed by atoms with Crippen molar-refractivity contribution in [2.45, 2.75) is 6.61 Å². The van der Waals surface area contributed by atoms with Crippen molar-refractivity contribution >= 4 is 5.69 Å². The van der Waals surface area contributed by atoms with E-state index in [-0.39, 0.29) is 12.4 Å². The Morgan fingerprint density at radius 1 is 1.11 bits per heavy atom. The lowest BCUT2D eigenvalue weighted by Crippen LogP contribution is -2.00. The maximum absolute atomic E-state index is 13.4. The van der Waals surface area contributed by atoms with Crippen molar-refractivity contribution in [2.75, 3.05) is 12.8 Å². The van der Waals surface area contributed by atoms with Crippen molar-refractivity contribution in [1.82, 2.24) is 0 Å². The van der Waals surface area contributed by atoms with Gasteiger partial charge in [-0.15, -0.1) is 0 Å². The number of ether oxygens (including phenoxy) is 2. The molecule has 2 aromatic carbocycles. The third-order valence-corrected chi connectivity index (χ3v) is 2.51. The monoisotopic (exact) mass is 265 g/mol. The van der Waals surface area contributed by atoms with E-state index in [1.54, 1.807) is 18.2 Å². The van der Waals surface area contributed by atoms with Crippen LogP contribution in [0.15, 0.2) is 36.4 Å². The fourth-order valence-electron chi connectivity index (χ4n) is 1.64. The van der Waals surface area contributed by atoms with Crippen LogP contribution in [0.25, 0.3) is 0 Å². The minimum absolute atomic E-state index is 0.0712. The lowest BCUT2D eigenvalue weighted by molar-refractivity contribution is 0.288. The maximum atomic E-state index is 13.4. The summed E-state index contributed by atoms with van der Waals surface area (Å²) in [7, 11) is 1.52. The second-order valence-electron chi connectivity index (χ2n) is 3.98. The van der Waals surface area contributed by atoms with Gasteiger partial charge in [0, 0.05) is 17.8 Å². The highest BCUT2D eigenvalue weighted by Crippen LogP contribution is 2.22. The molecule has 0 saturated carbocycles. The van der Waals surface area contributed by atoms with Crippen molar-refractivity contribution in [3.63, 3.8) is 0 Å². The van der Waals surface area contributed by atoms with Gasteiger partial charge in [-0.3, -0.25) is 0 Å². The average Bonchev–Trinajstić information content (AvgIpc) is 2.39. The van der Waals surface area contributed by atoms with Crippen LogP contribution < -0.4 is 15.2 Å². The Morgan fingerprint density at radius 2 is 1.89 bits per heavy atom. The number of benzene rings is 2. The van der Waals surface area contributed by atoms with E-state index in [0.717, 1.165) is 18.2 Å². The molecule has 19 heavy (non-hydrogen) atoms. The molecule has 2 N–H and O–H groups in total. The lowest BCUT2D eigenvalue weighted by Gasteiger charge is -2.09. The van der Waals surface area contributed by atoms with Gasteiger partial charge in [0.1, 0.15) is 18.2 Å². The maximum Gasteiger partial charge on any atom is 0.165 e. The number of methoxy groups -OCH3 is 1. The molecule has 0 amide bonds. The van der Waals surface area contributed by atoms with Gasteiger partial charge in [-0.2, -0.15) is 0 Å². The van der Waals surface area contributed by atoms with Gasteiger partial charge in [-0.05, 0) is 29.8 Å². The fourth-order valence-corrected chi connectivity index (χ4v) is 1.64. The van der Waals surface area contributed by atoms with Crippen LogP contribution >= 0.6 is 0 Å². The number of hydrogen-bond acceptors (Lipinski definition) is 3. The van der Waals surface area contributed by atoms with E-state index in [9.17, 15) is 8.78 Å². The van der Waals surface area contributed by atoms with Crippen LogP contribution in [-0.2, 0) is 6.61 Å². The molecule has 0 saturated heterocycles. The molecule has 0 radical (unpaired) electrons. The summed E-state index contributed by atoms with van der Waals surface area (Å²) in [5.74, 6) is -0.724. The molecule has 0 fully saturated rings. The molecular formula is C14H13F2NO2. The molecule has 100 valence electrons. The Balaban J connectivity index is 2.14. The van der Waals surface area contributed by atoms with Crippen LogP contribution in [0.1, 0.15) is 5.56 Å². The first-order chi connectivity index (χ1) is 9.08. The highest BCUT2D eigenvalue weighted by molar-refractivity contribution is 5.47. The van der Waals surface area contributed by atoms with E-state index in [1.807, 2.05) is 0 Å². The molecule has 0 aliphatic rings. The smallest absolute Gasteiger partial charge is 0.165 e. The van der Waals surface area contributed by atoms with Crippen molar-refractivity contribution < 1.29 is 18.3 Å². The van der Waals surface area contributed by atoms with Crippen LogP contribution in [0, 0.1) is 11.6 Å². The van der Waals surface area contributed by atoms with Gasteiger partial charge in [0.05, 0.1) is 7.11 Å². The van der Waals surface area contributed by atoms with Crippen LogP contribution in [0.3, 0.4) is 0 Å². The first-order valence-corrected chi connectivity index (χ1v) is 5.60. The van der Waals surface area contributed by atoms with E-state index in [1.165, 1.54) is 7.11 Å². The highest BCUT2D eigenvalue weighted by atomic mass is 19.1. The van der Waals surface area contributed by atoms with Crippen LogP contribution in [0.4, 0.5) is 14.5 Å². The van der Waals surface area contributed by atoms with Crippen molar-refractivity contribution in [1.29, 1.82) is 0 Å². The predicted molar refractivity (Wildman–Crippen MR) is 68.1 cm³/mol. The summed E-state index contributed by atoms with van der Waals surface area (Å²) in [5, 5.41) is 0. The first-order valence-electron chi connectivity index (χ1n) is 5.60. The molecule has 0 aliphatic carbocycles. The van der Waals surface area contributed by atoms with E-state index in [0.29, 0.717) is 17.0 Å². The Kier molecular flexibility index (Phi) is 3.85. The highest BCUT2D eigenvalue weighted by Gasteiger charge is 2.06. The standard InChI is InChI=1S/C14H13F2NO2/c1-18-12-5-9(4-11(17)7-12)8-19-14-6-10(15)2-3-13(14)16/h2-7H,8,17H2,1H3. The summed E-state index contributed by atoms with van der Waals surface area (Å²) in [4.78, 5) is 0. The lowest BCUT2D eigenvalue weighted by atomic mass is 10.2. The molecule has 5 heteroatoms. The molecule has 0 aliphatic heterocycles. The summed E-state index contributed by atoms with van der Waals surface area (Å²) >= 11 is 0. The van der Waals surface area contributed by atoms with Crippen molar-refractivity contribution in [3.8, 4) is 11.5 Å². The quantitative estimate of drug-likeness (QED) is 0.864. The minimum atomic E-state index is -0.614. The number of nitrogens with two attached hydrogens (primary N) is 1. The van der Waals surface area contributed by atoms with E-state index in [2.05, 4.69) is 0 Å². The molecule has 0 bridgehead atoms. The number of halogens is 2. The van der Waals surface area contributed by atoms with Gasteiger partial charge >= 0.3 is 0 Å². The van der Waals surface area contributed by atoms with Crippen LogP contribution in [-0.4, -0.2) is 7.11 Å². The van der Waals surface area contributed by atoms with Gasteiger partial charge in [0.25, 0.3) is 0 Å². The topological polar surface area (TPSA) is 44.5 Å². The summed E-state index contributed by atoms with van der Waals surface area (Å²) in [5.41, 5.74) is 6.91. The van der Waals surface area contributed by atoms with Crippen LogP contribution in [0.2, 0.25) is 0 Å². The zero-order chi connectivity index (χ0) is 13.8. The first kappa shape index (κ1) is 13.1. The van der Waals surface area contributed by atoms with Gasteiger partial charge in [-0.25, -0.2) is 8.78 Å². The summed E-state index contributed by atoms with van der Waals surface area (Å²) in [6, 6.07) is 8.11. The SMILES string of the molecule is COc1cc(N)cc(COc2cc(F)ccc2F)c1. The number of nitrogen functional groups attached to an aromatic ring is 1. The fraction of sp³-hybridized carbons (Fsp3) is 0.143. The third-order valence-electron chi connectivity index (χ3n) is 2.51. The molecule has 0 unspecified atom stereocenters. The number of hydrogen-bond donors (Lipinski definition) is 1. The average molecular weight is 265 g/mol. The minimum Gasteiger partial charge on any atom is -0.497 e. The Labute approximate surface area is 109 Å². The Bertz CT molecular complexity index is 588. The molecule has 0 atom stereocenters. The van der Waals surface area contributed by atoms with Gasteiger partial charge in [0.2, 0.25) is 0 Å². The van der Waals surface area contributed by atoms with Gasteiger partial charge < -0.3 is 15.2 Å². The summed E-state index contributed by atoms with van der Waals surface area (Å²) in [6.45, 7) is 0.0712. The largest absolute Gasteiger partial charge is 0.497 e. The molecule has 2 aromatic rings.